The summed E-state index contributed by atoms with van der Waals surface area (Å²) in [5.41, 5.74) is 15.0. The first kappa shape index (κ1) is 36.3. The zero-order valence-corrected chi connectivity index (χ0v) is 36.7. The summed E-state index contributed by atoms with van der Waals surface area (Å²) < 4.78 is 5.24. The Balaban J connectivity index is 1.35. The van der Waals surface area contributed by atoms with Gasteiger partial charge in [0.25, 0.3) is 0 Å². The molecule has 61 heavy (non-hydrogen) atoms. The Morgan fingerprint density at radius 2 is 0.754 bits per heavy atom. The molecule has 4 aromatic heterocycles. The Morgan fingerprint density at radius 3 is 1.28 bits per heavy atom. The second-order valence-corrected chi connectivity index (χ2v) is 20.7. The fraction of sp³-hybridized carbons (Fsp3) is 0.207. The molecule has 0 aliphatic carbocycles. The molecule has 12 aromatic rings. The van der Waals surface area contributed by atoms with Crippen LogP contribution in [0.4, 0.5) is 17.1 Å². The molecule has 3 heteroatoms. The third-order valence-electron chi connectivity index (χ3n) is 13.7. The smallest absolute Gasteiger partial charge is 0.0783 e. The minimum atomic E-state index is -0.0758. The van der Waals surface area contributed by atoms with Crippen molar-refractivity contribution in [3.63, 3.8) is 0 Å². The Labute approximate surface area is 357 Å². The number of hydrogen-bond donors (Lipinski definition) is 0. The third-order valence-corrected chi connectivity index (χ3v) is 13.7. The highest BCUT2D eigenvalue weighted by Gasteiger charge is 2.31. The topological polar surface area (TPSA) is 12.1 Å². The van der Waals surface area contributed by atoms with E-state index >= 15 is 0 Å². The summed E-state index contributed by atoms with van der Waals surface area (Å²) in [6.45, 7) is 21.2. The van der Waals surface area contributed by atoms with E-state index in [9.17, 15) is 0 Å². The van der Waals surface area contributed by atoms with Gasteiger partial charge in [0.15, 0.2) is 0 Å². The molecule has 0 amide bonds. The van der Waals surface area contributed by atoms with E-state index in [1.807, 2.05) is 0 Å². The molecular weight excluding hydrogens is 739 g/mol. The predicted molar refractivity (Wildman–Crippen MR) is 264 cm³/mol. The van der Waals surface area contributed by atoms with Gasteiger partial charge in [-0.25, -0.2) is 0 Å². The highest BCUT2D eigenvalue weighted by Crippen LogP contribution is 2.52. The molecule has 0 spiro atoms. The summed E-state index contributed by atoms with van der Waals surface area (Å²) in [6, 6.07) is 55.3. The van der Waals surface area contributed by atoms with Crippen LogP contribution in [0.3, 0.4) is 0 Å². The van der Waals surface area contributed by atoms with Crippen molar-refractivity contribution < 1.29 is 0 Å². The Bertz CT molecular complexity index is 3690. The second-order valence-electron chi connectivity index (χ2n) is 20.7. The van der Waals surface area contributed by atoms with Crippen molar-refractivity contribution in [2.24, 2.45) is 0 Å². The fourth-order valence-corrected chi connectivity index (χ4v) is 10.6. The summed E-state index contributed by atoms with van der Waals surface area (Å²) in [7, 11) is 0. The highest BCUT2D eigenvalue weighted by atomic mass is 15.2. The summed E-state index contributed by atoms with van der Waals surface area (Å²) >= 11 is 0. The van der Waals surface area contributed by atoms with E-state index in [0.29, 0.717) is 0 Å². The van der Waals surface area contributed by atoms with Crippen molar-refractivity contribution in [1.29, 1.82) is 0 Å². The van der Waals surface area contributed by atoms with E-state index in [-0.39, 0.29) is 16.2 Å². The van der Waals surface area contributed by atoms with E-state index in [1.165, 1.54) is 109 Å². The van der Waals surface area contributed by atoms with Crippen LogP contribution in [0.5, 0.6) is 0 Å². The van der Waals surface area contributed by atoms with Crippen LogP contribution in [0.1, 0.15) is 79.0 Å². The molecule has 0 N–H and O–H groups in total. The normalized spacial score (nSPS) is 13.3. The van der Waals surface area contributed by atoms with Gasteiger partial charge in [0, 0.05) is 59.9 Å². The van der Waals surface area contributed by atoms with Crippen molar-refractivity contribution in [3.8, 4) is 0 Å². The first-order valence-corrected chi connectivity index (χ1v) is 21.9. The number of fused-ring (bicyclic) bond motifs is 15. The van der Waals surface area contributed by atoms with Crippen LogP contribution in [0, 0.1) is 0 Å². The molecule has 8 aromatic carbocycles. The quantitative estimate of drug-likeness (QED) is 0.174. The van der Waals surface area contributed by atoms with Crippen LogP contribution in [-0.2, 0) is 16.2 Å². The molecule has 0 saturated heterocycles. The average molecular weight is 790 g/mol. The lowest BCUT2D eigenvalue weighted by molar-refractivity contribution is 0.591. The molecule has 0 aliphatic heterocycles. The minimum absolute atomic E-state index is 0.0322. The predicted octanol–water partition coefficient (Wildman–Crippen LogP) is 16.5. The van der Waals surface area contributed by atoms with Gasteiger partial charge < -0.3 is 13.7 Å². The maximum absolute atomic E-state index is 2.63. The number of anilines is 3. The zero-order chi connectivity index (χ0) is 41.9. The van der Waals surface area contributed by atoms with Crippen molar-refractivity contribution in [2.45, 2.75) is 78.6 Å². The maximum Gasteiger partial charge on any atom is 0.0783 e. The monoisotopic (exact) mass is 789 g/mol. The van der Waals surface area contributed by atoms with E-state index in [4.69, 9.17) is 0 Å². The molecule has 0 unspecified atom stereocenters. The van der Waals surface area contributed by atoms with E-state index in [1.54, 1.807) is 0 Å². The SMILES string of the molecule is CC(C)(C)c1cc(N(c2ccccc2)c2ccccc2)c2c(c1)c1cc(C(C)(C)C)cc3c4c5c6cc(C(C)(C)C)cc7c8ccc9ccccc9c8n(c5ccc4n2c13)c76. The first-order chi connectivity index (χ1) is 29.2. The fourth-order valence-electron chi connectivity index (χ4n) is 10.6. The molecule has 4 heterocycles. The molecule has 3 nitrogen and oxygen atoms in total. The number of aromatic nitrogens is 2. The van der Waals surface area contributed by atoms with Crippen LogP contribution in [0.2, 0.25) is 0 Å². The first-order valence-electron chi connectivity index (χ1n) is 21.9. The van der Waals surface area contributed by atoms with Gasteiger partial charge in [0.1, 0.15) is 0 Å². The number of benzene rings is 8. The minimum Gasteiger partial charge on any atom is -0.308 e. The lowest BCUT2D eigenvalue weighted by atomic mass is 9.83. The number of rotatable bonds is 3. The van der Waals surface area contributed by atoms with Gasteiger partial charge in [-0.05, 0) is 111 Å². The molecule has 0 aliphatic rings. The summed E-state index contributed by atoms with van der Waals surface area (Å²) in [6.07, 6.45) is 0. The van der Waals surface area contributed by atoms with Gasteiger partial charge in [-0.2, -0.15) is 0 Å². The Hall–Kier alpha value is -6.58. The van der Waals surface area contributed by atoms with Gasteiger partial charge in [-0.1, -0.05) is 135 Å². The van der Waals surface area contributed by atoms with E-state index in [0.717, 1.165) is 11.4 Å². The molecule has 0 radical (unpaired) electrons. The van der Waals surface area contributed by atoms with Crippen molar-refractivity contribution >= 4 is 104 Å². The molecule has 0 atom stereocenters. The van der Waals surface area contributed by atoms with Gasteiger partial charge in [0.05, 0.1) is 38.8 Å². The highest BCUT2D eigenvalue weighted by molar-refractivity contribution is 6.37. The van der Waals surface area contributed by atoms with Crippen molar-refractivity contribution in [3.05, 3.63) is 162 Å². The number of hydrogen-bond acceptors (Lipinski definition) is 1. The third kappa shape index (κ3) is 4.98. The van der Waals surface area contributed by atoms with Crippen LogP contribution in [0.25, 0.3) is 87.0 Å². The zero-order valence-electron chi connectivity index (χ0n) is 36.7. The van der Waals surface area contributed by atoms with E-state index in [2.05, 4.69) is 222 Å². The Morgan fingerprint density at radius 1 is 0.344 bits per heavy atom. The lowest BCUT2D eigenvalue weighted by Crippen LogP contribution is -2.15. The molecule has 0 bridgehead atoms. The van der Waals surface area contributed by atoms with Gasteiger partial charge in [0.2, 0.25) is 0 Å². The van der Waals surface area contributed by atoms with Gasteiger partial charge in [-0.3, -0.25) is 0 Å². The van der Waals surface area contributed by atoms with Crippen LogP contribution in [0.15, 0.2) is 146 Å². The summed E-state index contributed by atoms with van der Waals surface area (Å²) in [5.74, 6) is 0. The molecular formula is C58H51N3. The standard InChI is InChI=1S/C58H51N3/c1-56(2,3)35-28-42-41-25-24-34-18-16-17-23-40(34)52(41)60-47-26-27-48-51(50(47)45(31-35)53(42)60)46-32-36(57(4,5)6)29-43-44-30-37(58(7,8)9)33-49(55(44)61(48)54(43)46)59(38-19-12-10-13-20-38)39-21-14-11-15-22-39/h10-33H,1-9H3. The number of nitrogens with zero attached hydrogens (tertiary/aromatic N) is 3. The van der Waals surface area contributed by atoms with Crippen LogP contribution in [-0.4, -0.2) is 8.80 Å². The maximum atomic E-state index is 2.63. The lowest BCUT2D eigenvalue weighted by Gasteiger charge is -2.29. The van der Waals surface area contributed by atoms with Gasteiger partial charge in [-0.15, -0.1) is 0 Å². The molecule has 298 valence electrons. The number of para-hydroxylation sites is 2. The summed E-state index contributed by atoms with van der Waals surface area (Å²) in [4.78, 5) is 2.48. The second kappa shape index (κ2) is 12.0. The summed E-state index contributed by atoms with van der Waals surface area (Å²) in [5, 5.41) is 13.2. The average Bonchev–Trinajstić information content (AvgIpc) is 3.96. The molecule has 0 fully saturated rings. The molecule has 0 saturated carbocycles. The van der Waals surface area contributed by atoms with Crippen LogP contribution < -0.4 is 4.90 Å². The largest absolute Gasteiger partial charge is 0.308 e. The Kier molecular flexibility index (Phi) is 7.16. The van der Waals surface area contributed by atoms with Gasteiger partial charge >= 0.3 is 0 Å². The van der Waals surface area contributed by atoms with E-state index < -0.39 is 0 Å². The van der Waals surface area contributed by atoms with Crippen molar-refractivity contribution in [2.75, 3.05) is 4.90 Å². The van der Waals surface area contributed by atoms with Crippen LogP contribution >= 0.6 is 0 Å². The molecule has 12 rings (SSSR count). The van der Waals surface area contributed by atoms with Crippen molar-refractivity contribution in [1.82, 2.24) is 8.80 Å².